The van der Waals surface area contributed by atoms with Crippen LogP contribution in [0.2, 0.25) is 0 Å². The second kappa shape index (κ2) is 9.41. The SMILES string of the molecule is COc1cc(C(C)=O)ccc1OCC(=O)NCc1sc2nc(-c3ccc(F)cc3)cn2c1C. The van der Waals surface area contributed by atoms with E-state index < -0.39 is 0 Å². The lowest BCUT2D eigenvalue weighted by Crippen LogP contribution is -2.28. The van der Waals surface area contributed by atoms with Crippen LogP contribution in [0.15, 0.2) is 48.7 Å². The monoisotopic (exact) mass is 467 g/mol. The van der Waals surface area contributed by atoms with Gasteiger partial charge in [0, 0.05) is 27.9 Å². The molecule has 0 fully saturated rings. The predicted molar refractivity (Wildman–Crippen MR) is 124 cm³/mol. The van der Waals surface area contributed by atoms with Crippen molar-refractivity contribution in [2.24, 2.45) is 0 Å². The Bertz CT molecular complexity index is 1330. The molecule has 0 bridgehead atoms. The molecule has 9 heteroatoms. The zero-order valence-electron chi connectivity index (χ0n) is 18.3. The van der Waals surface area contributed by atoms with E-state index in [4.69, 9.17) is 9.47 Å². The number of nitrogens with zero attached hydrogens (tertiary/aromatic N) is 2. The second-order valence-electron chi connectivity index (χ2n) is 7.38. The molecular formula is C24H22FN3O4S. The molecule has 4 rings (SSSR count). The highest BCUT2D eigenvalue weighted by molar-refractivity contribution is 7.17. The number of methoxy groups -OCH3 is 1. The minimum atomic E-state index is -0.288. The van der Waals surface area contributed by atoms with Gasteiger partial charge in [-0.1, -0.05) is 11.3 Å². The van der Waals surface area contributed by atoms with Gasteiger partial charge < -0.3 is 14.8 Å². The fraction of sp³-hybridized carbons (Fsp3) is 0.208. The summed E-state index contributed by atoms with van der Waals surface area (Å²) in [6.07, 6.45) is 1.90. The zero-order valence-corrected chi connectivity index (χ0v) is 19.2. The maximum Gasteiger partial charge on any atom is 0.258 e. The lowest BCUT2D eigenvalue weighted by Gasteiger charge is -2.11. The van der Waals surface area contributed by atoms with Crippen molar-refractivity contribution in [3.8, 4) is 22.8 Å². The molecular weight excluding hydrogens is 445 g/mol. The van der Waals surface area contributed by atoms with Gasteiger partial charge >= 0.3 is 0 Å². The largest absolute Gasteiger partial charge is 0.493 e. The molecule has 1 N–H and O–H groups in total. The van der Waals surface area contributed by atoms with Gasteiger partial charge in [-0.25, -0.2) is 9.37 Å². The van der Waals surface area contributed by atoms with Gasteiger partial charge in [0.05, 0.1) is 19.3 Å². The van der Waals surface area contributed by atoms with Gasteiger partial charge in [-0.2, -0.15) is 0 Å². The quantitative estimate of drug-likeness (QED) is 0.388. The van der Waals surface area contributed by atoms with Crippen LogP contribution >= 0.6 is 11.3 Å². The fourth-order valence-corrected chi connectivity index (χ4v) is 4.34. The van der Waals surface area contributed by atoms with Crippen molar-refractivity contribution >= 4 is 28.0 Å². The molecule has 0 radical (unpaired) electrons. The number of thiazole rings is 1. The maximum atomic E-state index is 13.2. The van der Waals surface area contributed by atoms with E-state index in [1.807, 2.05) is 17.5 Å². The lowest BCUT2D eigenvalue weighted by molar-refractivity contribution is -0.123. The summed E-state index contributed by atoms with van der Waals surface area (Å²) in [5, 5.41) is 2.85. The first kappa shape index (κ1) is 22.5. The third-order valence-corrected chi connectivity index (χ3v) is 6.32. The van der Waals surface area contributed by atoms with Crippen molar-refractivity contribution in [3.63, 3.8) is 0 Å². The number of ether oxygens (including phenoxy) is 2. The van der Waals surface area contributed by atoms with Crippen LogP contribution in [0.1, 0.15) is 27.9 Å². The van der Waals surface area contributed by atoms with Crippen molar-refractivity contribution in [3.05, 3.63) is 70.6 Å². The zero-order chi connectivity index (χ0) is 23.5. The third-order valence-electron chi connectivity index (χ3n) is 5.17. The van der Waals surface area contributed by atoms with Gasteiger partial charge in [-0.15, -0.1) is 0 Å². The summed E-state index contributed by atoms with van der Waals surface area (Å²) in [6.45, 7) is 3.58. The van der Waals surface area contributed by atoms with Crippen LogP contribution in [0.5, 0.6) is 11.5 Å². The van der Waals surface area contributed by atoms with E-state index in [9.17, 15) is 14.0 Å². The van der Waals surface area contributed by atoms with Crippen molar-refractivity contribution in [2.75, 3.05) is 13.7 Å². The van der Waals surface area contributed by atoms with Crippen LogP contribution in [0.25, 0.3) is 16.2 Å². The van der Waals surface area contributed by atoms with Crippen LogP contribution in [-0.2, 0) is 11.3 Å². The van der Waals surface area contributed by atoms with Crippen LogP contribution < -0.4 is 14.8 Å². The first-order chi connectivity index (χ1) is 15.9. The molecule has 0 atom stereocenters. The summed E-state index contributed by atoms with van der Waals surface area (Å²) in [4.78, 5) is 30.2. The van der Waals surface area contributed by atoms with E-state index in [-0.39, 0.29) is 24.1 Å². The van der Waals surface area contributed by atoms with E-state index in [1.165, 1.54) is 37.5 Å². The summed E-state index contributed by atoms with van der Waals surface area (Å²) < 4.78 is 25.9. The Morgan fingerprint density at radius 1 is 1.15 bits per heavy atom. The number of nitrogens with one attached hydrogen (secondary N) is 1. The number of hydrogen-bond acceptors (Lipinski definition) is 6. The summed E-state index contributed by atoms with van der Waals surface area (Å²) in [5.74, 6) is 0.120. The van der Waals surface area contributed by atoms with Gasteiger partial charge in [-0.05, 0) is 56.3 Å². The number of rotatable bonds is 8. The van der Waals surface area contributed by atoms with Crippen LogP contribution in [0.4, 0.5) is 4.39 Å². The van der Waals surface area contributed by atoms with E-state index in [2.05, 4.69) is 10.3 Å². The highest BCUT2D eigenvalue weighted by Crippen LogP contribution is 2.29. The summed E-state index contributed by atoms with van der Waals surface area (Å²) in [6, 6.07) is 11.0. The molecule has 1 amide bonds. The van der Waals surface area contributed by atoms with E-state index in [1.54, 1.807) is 30.3 Å². The smallest absolute Gasteiger partial charge is 0.258 e. The Labute approximate surface area is 193 Å². The average molecular weight is 468 g/mol. The van der Waals surface area contributed by atoms with Crippen molar-refractivity contribution in [1.29, 1.82) is 0 Å². The number of fused-ring (bicyclic) bond motifs is 1. The predicted octanol–water partition coefficient (Wildman–Crippen LogP) is 4.42. The fourth-order valence-electron chi connectivity index (χ4n) is 3.30. The average Bonchev–Trinajstić information content (AvgIpc) is 3.35. The molecule has 2 heterocycles. The Balaban J connectivity index is 1.38. The third kappa shape index (κ3) is 4.88. The highest BCUT2D eigenvalue weighted by atomic mass is 32.1. The number of ketones is 1. The van der Waals surface area contributed by atoms with E-state index in [0.717, 1.165) is 26.8 Å². The molecule has 0 aliphatic carbocycles. The molecule has 2 aromatic heterocycles. The molecule has 4 aromatic rings. The molecule has 170 valence electrons. The van der Waals surface area contributed by atoms with Gasteiger partial charge in [0.25, 0.3) is 5.91 Å². The number of halogens is 1. The van der Waals surface area contributed by atoms with Gasteiger partial charge in [0.15, 0.2) is 28.9 Å². The van der Waals surface area contributed by atoms with E-state index in [0.29, 0.717) is 23.6 Å². The molecule has 0 aliphatic heterocycles. The summed E-state index contributed by atoms with van der Waals surface area (Å²) in [7, 11) is 1.48. The number of carbonyl (C=O) groups is 2. The molecule has 2 aromatic carbocycles. The maximum absolute atomic E-state index is 13.2. The number of amides is 1. The molecule has 0 saturated heterocycles. The van der Waals surface area contributed by atoms with Crippen molar-refractivity contribution in [2.45, 2.75) is 20.4 Å². The number of benzene rings is 2. The molecule has 0 spiro atoms. The summed E-state index contributed by atoms with van der Waals surface area (Å²) in [5.41, 5.74) is 3.08. The molecule has 0 unspecified atom stereocenters. The van der Waals surface area contributed by atoms with Crippen LogP contribution in [0, 0.1) is 12.7 Å². The van der Waals surface area contributed by atoms with E-state index >= 15 is 0 Å². The van der Waals surface area contributed by atoms with Gasteiger partial charge in [-0.3, -0.25) is 14.0 Å². The Morgan fingerprint density at radius 2 is 1.91 bits per heavy atom. The number of imidazole rings is 1. The molecule has 33 heavy (non-hydrogen) atoms. The number of aryl methyl sites for hydroxylation is 1. The van der Waals surface area contributed by atoms with Crippen LogP contribution in [-0.4, -0.2) is 34.8 Å². The first-order valence-corrected chi connectivity index (χ1v) is 11.0. The second-order valence-corrected chi connectivity index (χ2v) is 8.45. The molecule has 7 nitrogen and oxygen atoms in total. The Kier molecular flexibility index (Phi) is 6.41. The number of hydrogen-bond donors (Lipinski definition) is 1. The Morgan fingerprint density at radius 3 is 2.58 bits per heavy atom. The normalized spacial score (nSPS) is 10.9. The summed E-state index contributed by atoms with van der Waals surface area (Å²) >= 11 is 1.48. The lowest BCUT2D eigenvalue weighted by atomic mass is 10.1. The molecule has 0 saturated carbocycles. The topological polar surface area (TPSA) is 81.9 Å². The standard InChI is InChI=1S/C24H22FN3O4S/c1-14-22(33-24-27-19(12-28(14)24)16-4-7-18(25)8-5-16)11-26-23(30)13-32-20-9-6-17(15(2)29)10-21(20)31-3/h4-10,12H,11,13H2,1-3H3,(H,26,30). The minimum Gasteiger partial charge on any atom is -0.493 e. The molecule has 0 aliphatic rings. The number of Topliss-reactive ketones (excluding diaryl/α,β-unsaturated/α-hetero) is 1. The van der Waals surface area contributed by atoms with Gasteiger partial charge in [0.1, 0.15) is 5.82 Å². The van der Waals surface area contributed by atoms with Crippen LogP contribution in [0.3, 0.4) is 0 Å². The van der Waals surface area contributed by atoms with Crippen molar-refractivity contribution in [1.82, 2.24) is 14.7 Å². The highest BCUT2D eigenvalue weighted by Gasteiger charge is 2.15. The number of aromatic nitrogens is 2. The van der Waals surface area contributed by atoms with Gasteiger partial charge in [0.2, 0.25) is 0 Å². The van der Waals surface area contributed by atoms with Crippen molar-refractivity contribution < 1.29 is 23.5 Å². The Hall–Kier alpha value is -3.72. The first-order valence-electron chi connectivity index (χ1n) is 10.2. The minimum absolute atomic E-state index is 0.0833. The number of carbonyl (C=O) groups excluding carboxylic acids is 2.